The average molecular weight is 392 g/mol. The Morgan fingerprint density at radius 2 is 1.17 bits per heavy atom. The van der Waals surface area contributed by atoms with Gasteiger partial charge in [0.15, 0.2) is 0 Å². The Kier molecular flexibility index (Phi) is 5.53. The minimum Gasteiger partial charge on any atom is -0.372 e. The third-order valence-electron chi connectivity index (χ3n) is 6.25. The first-order valence-corrected chi connectivity index (χ1v) is 10.9. The van der Waals surface area contributed by atoms with Gasteiger partial charge in [-0.2, -0.15) is 0 Å². The van der Waals surface area contributed by atoms with E-state index >= 15 is 0 Å². The predicted molar refractivity (Wildman–Crippen MR) is 121 cm³/mol. The van der Waals surface area contributed by atoms with Crippen molar-refractivity contribution in [3.63, 3.8) is 0 Å². The maximum Gasteiger partial charge on any atom is 0.253 e. The zero-order chi connectivity index (χ0) is 20.4. The Bertz CT molecular complexity index is 822. The number of carbonyl (C=O) groups excluding carboxylic acids is 1. The molecule has 0 bridgehead atoms. The molecule has 0 aliphatic carbocycles. The van der Waals surface area contributed by atoms with Gasteiger partial charge >= 0.3 is 0 Å². The van der Waals surface area contributed by atoms with E-state index in [2.05, 4.69) is 67.0 Å². The molecule has 1 amide bonds. The lowest BCUT2D eigenvalue weighted by Gasteiger charge is -2.36. The highest BCUT2D eigenvalue weighted by molar-refractivity contribution is 5.94. The topological polar surface area (TPSA) is 26.8 Å². The van der Waals surface area contributed by atoms with Crippen LogP contribution in [-0.2, 0) is 5.41 Å². The van der Waals surface area contributed by atoms with Gasteiger partial charge in [-0.3, -0.25) is 4.79 Å². The largest absolute Gasteiger partial charge is 0.372 e. The molecule has 2 aromatic rings. The summed E-state index contributed by atoms with van der Waals surface area (Å²) in [6.07, 6.45) is 2.60. The second-order valence-corrected chi connectivity index (χ2v) is 9.32. The summed E-state index contributed by atoms with van der Waals surface area (Å²) in [4.78, 5) is 19.7. The van der Waals surface area contributed by atoms with Crippen molar-refractivity contribution in [2.75, 3.05) is 49.1 Å². The standard InChI is InChI=1S/C25H33N3O/c1-25(2,3)21-8-6-20(7-9-21)24(29)28-18-16-27(17-19-28)23-12-10-22(11-13-23)26-14-4-5-15-26/h6-13H,4-5,14-19H2,1-3H3. The van der Waals surface area contributed by atoms with Gasteiger partial charge in [-0.05, 0) is 60.2 Å². The minimum atomic E-state index is 0.109. The first-order valence-electron chi connectivity index (χ1n) is 10.9. The molecule has 2 fully saturated rings. The molecule has 4 heteroatoms. The van der Waals surface area contributed by atoms with Crippen LogP contribution >= 0.6 is 0 Å². The van der Waals surface area contributed by atoms with Crippen LogP contribution in [0, 0.1) is 0 Å². The maximum atomic E-state index is 12.9. The van der Waals surface area contributed by atoms with E-state index in [9.17, 15) is 4.79 Å². The quantitative estimate of drug-likeness (QED) is 0.768. The highest BCUT2D eigenvalue weighted by Crippen LogP contribution is 2.25. The van der Waals surface area contributed by atoms with Gasteiger partial charge < -0.3 is 14.7 Å². The van der Waals surface area contributed by atoms with E-state index in [-0.39, 0.29) is 11.3 Å². The van der Waals surface area contributed by atoms with E-state index in [4.69, 9.17) is 0 Å². The van der Waals surface area contributed by atoms with Gasteiger partial charge in [0, 0.05) is 56.2 Å². The Labute approximate surface area is 175 Å². The van der Waals surface area contributed by atoms with Crippen LogP contribution in [0.4, 0.5) is 11.4 Å². The summed E-state index contributed by atoms with van der Waals surface area (Å²) in [5.41, 5.74) is 4.75. The van der Waals surface area contributed by atoms with Crippen LogP contribution in [-0.4, -0.2) is 50.1 Å². The summed E-state index contributed by atoms with van der Waals surface area (Å²) in [7, 11) is 0. The van der Waals surface area contributed by atoms with Crippen molar-refractivity contribution < 1.29 is 4.79 Å². The summed E-state index contributed by atoms with van der Waals surface area (Å²) >= 11 is 0. The van der Waals surface area contributed by atoms with Crippen molar-refractivity contribution >= 4 is 17.3 Å². The fraction of sp³-hybridized carbons (Fsp3) is 0.480. The van der Waals surface area contributed by atoms with Crippen LogP contribution in [0.1, 0.15) is 49.5 Å². The summed E-state index contributed by atoms with van der Waals surface area (Å²) in [5.74, 6) is 0.148. The van der Waals surface area contributed by atoms with Crippen molar-refractivity contribution in [1.82, 2.24) is 4.90 Å². The smallest absolute Gasteiger partial charge is 0.253 e. The van der Waals surface area contributed by atoms with Gasteiger partial charge in [0.05, 0.1) is 0 Å². The number of carbonyl (C=O) groups is 1. The van der Waals surface area contributed by atoms with E-state index in [1.807, 2.05) is 17.0 Å². The monoisotopic (exact) mass is 391 g/mol. The minimum absolute atomic E-state index is 0.109. The molecule has 0 aromatic heterocycles. The molecular weight excluding hydrogens is 358 g/mol. The molecular formula is C25H33N3O. The number of anilines is 2. The van der Waals surface area contributed by atoms with E-state index in [1.54, 1.807) is 0 Å². The van der Waals surface area contributed by atoms with Gasteiger partial charge in [-0.25, -0.2) is 0 Å². The zero-order valence-corrected chi connectivity index (χ0v) is 18.0. The van der Waals surface area contributed by atoms with Crippen molar-refractivity contribution in [1.29, 1.82) is 0 Å². The molecule has 2 aliphatic heterocycles. The summed E-state index contributed by atoms with van der Waals surface area (Å²) in [5, 5.41) is 0. The average Bonchev–Trinajstić information content (AvgIpc) is 3.28. The Hall–Kier alpha value is -2.49. The van der Waals surface area contributed by atoms with Gasteiger partial charge in [0.1, 0.15) is 0 Å². The van der Waals surface area contributed by atoms with Crippen LogP contribution in [0.15, 0.2) is 48.5 Å². The van der Waals surface area contributed by atoms with Crippen LogP contribution < -0.4 is 9.80 Å². The Balaban J connectivity index is 1.34. The number of benzene rings is 2. The molecule has 154 valence electrons. The van der Waals surface area contributed by atoms with Crippen molar-refractivity contribution in [3.05, 3.63) is 59.7 Å². The van der Waals surface area contributed by atoms with Crippen LogP contribution in [0.25, 0.3) is 0 Å². The van der Waals surface area contributed by atoms with E-state index < -0.39 is 0 Å². The fourth-order valence-corrected chi connectivity index (χ4v) is 4.31. The lowest BCUT2D eigenvalue weighted by Crippen LogP contribution is -2.48. The Morgan fingerprint density at radius 1 is 0.690 bits per heavy atom. The molecule has 0 atom stereocenters. The van der Waals surface area contributed by atoms with Crippen molar-refractivity contribution in [2.24, 2.45) is 0 Å². The summed E-state index contributed by atoms with van der Waals surface area (Å²) in [6, 6.07) is 17.1. The van der Waals surface area contributed by atoms with E-state index in [0.717, 1.165) is 31.7 Å². The second kappa shape index (κ2) is 8.10. The van der Waals surface area contributed by atoms with Crippen LogP contribution in [0.2, 0.25) is 0 Å². The van der Waals surface area contributed by atoms with E-state index in [1.165, 1.54) is 42.9 Å². The molecule has 0 N–H and O–H groups in total. The summed E-state index contributed by atoms with van der Waals surface area (Å²) < 4.78 is 0. The molecule has 4 rings (SSSR count). The third-order valence-corrected chi connectivity index (χ3v) is 6.25. The molecule has 2 aliphatic rings. The number of rotatable bonds is 3. The molecule has 4 nitrogen and oxygen atoms in total. The van der Waals surface area contributed by atoms with Gasteiger partial charge in [0.25, 0.3) is 5.91 Å². The second-order valence-electron chi connectivity index (χ2n) is 9.32. The normalized spacial score (nSPS) is 17.7. The molecule has 0 spiro atoms. The zero-order valence-electron chi connectivity index (χ0n) is 18.0. The van der Waals surface area contributed by atoms with Gasteiger partial charge in [-0.15, -0.1) is 0 Å². The first kappa shape index (κ1) is 19.8. The maximum absolute atomic E-state index is 12.9. The van der Waals surface area contributed by atoms with Crippen LogP contribution in [0.3, 0.4) is 0 Å². The van der Waals surface area contributed by atoms with Crippen molar-refractivity contribution in [3.8, 4) is 0 Å². The number of piperazine rings is 1. The lowest BCUT2D eigenvalue weighted by atomic mass is 9.86. The molecule has 2 saturated heterocycles. The first-order chi connectivity index (χ1) is 13.9. The lowest BCUT2D eigenvalue weighted by molar-refractivity contribution is 0.0746. The molecule has 0 radical (unpaired) electrons. The van der Waals surface area contributed by atoms with Crippen LogP contribution in [0.5, 0.6) is 0 Å². The molecule has 29 heavy (non-hydrogen) atoms. The fourth-order valence-electron chi connectivity index (χ4n) is 4.31. The van der Waals surface area contributed by atoms with Gasteiger partial charge in [0.2, 0.25) is 0 Å². The Morgan fingerprint density at radius 3 is 1.66 bits per heavy atom. The molecule has 0 saturated carbocycles. The summed E-state index contributed by atoms with van der Waals surface area (Å²) in [6.45, 7) is 12.3. The third kappa shape index (κ3) is 4.42. The number of nitrogens with zero attached hydrogens (tertiary/aromatic N) is 3. The molecule has 2 aromatic carbocycles. The number of hydrogen-bond acceptors (Lipinski definition) is 3. The molecule has 0 unspecified atom stereocenters. The van der Waals surface area contributed by atoms with Gasteiger partial charge in [-0.1, -0.05) is 32.9 Å². The SMILES string of the molecule is CC(C)(C)c1ccc(C(=O)N2CCN(c3ccc(N4CCCC4)cc3)CC2)cc1. The predicted octanol–water partition coefficient (Wildman–Crippen LogP) is 4.55. The highest BCUT2D eigenvalue weighted by Gasteiger charge is 2.23. The number of hydrogen-bond donors (Lipinski definition) is 0. The van der Waals surface area contributed by atoms with E-state index in [0.29, 0.717) is 0 Å². The molecule has 2 heterocycles. The highest BCUT2D eigenvalue weighted by atomic mass is 16.2. The number of amides is 1. The van der Waals surface area contributed by atoms with Crippen molar-refractivity contribution in [2.45, 2.75) is 39.0 Å².